The number of nitrogens with zero attached hydrogens (tertiary/aromatic N) is 5. The summed E-state index contributed by atoms with van der Waals surface area (Å²) >= 11 is 0. The Hall–Kier alpha value is -6.66. The zero-order valence-electron chi connectivity index (χ0n) is 51.7. The molecule has 0 aliphatic carbocycles. The van der Waals surface area contributed by atoms with E-state index < -0.39 is 89.2 Å². The first-order valence-electron chi connectivity index (χ1n) is 28.7. The number of aromatic nitrogens is 2. The molecule has 3 aromatic carbocycles. The summed E-state index contributed by atoms with van der Waals surface area (Å²) in [6.07, 6.45) is -8.12. The summed E-state index contributed by atoms with van der Waals surface area (Å²) in [6.45, 7) is 22.0. The summed E-state index contributed by atoms with van der Waals surface area (Å²) in [6, 6.07) is 12.8. The van der Waals surface area contributed by atoms with Crippen molar-refractivity contribution in [3.63, 3.8) is 0 Å². The molecule has 27 nitrogen and oxygen atoms in total. The number of hydrogen-bond donors (Lipinski definition) is 8. The maximum absolute atomic E-state index is 12.0. The van der Waals surface area contributed by atoms with Gasteiger partial charge in [-0.25, -0.2) is 4.63 Å². The molecule has 88 heavy (non-hydrogen) atoms. The third-order valence-electron chi connectivity index (χ3n) is 13.9. The SMILES string of the molecule is C.CC(=O)CC(=O)CCc1ccc(NC(=O)CCCC(=O)CC(C)(C)C)cc1.CC(C)(C)CC[C@@H]1OC(CO)[C@H](O)[C@H](O[C@@H]2OC(CO)[C@H](O)[C@H](O)C2O)C1O.CCc1ccc([N+](=O)[O-])c2nonc12.Cc1cc([N+](=O)[O-])cc([N+](=O)[O-])c1CC(C)(C)C. The largest absolute Gasteiger partial charge is 0.394 e. The van der Waals surface area contributed by atoms with Gasteiger partial charge in [-0.15, -0.1) is 0 Å². The number of nitro groups is 3. The number of aryl methyl sites for hydroxylation is 3. The van der Waals surface area contributed by atoms with Crippen molar-refractivity contribution < 1.29 is 88.5 Å². The van der Waals surface area contributed by atoms with Crippen molar-refractivity contribution in [1.82, 2.24) is 10.3 Å². The number of nitrogens with one attached hydrogen (secondary N) is 1. The van der Waals surface area contributed by atoms with Crippen molar-refractivity contribution in [2.45, 2.75) is 222 Å². The van der Waals surface area contributed by atoms with Crippen LogP contribution in [0.3, 0.4) is 0 Å². The quantitative estimate of drug-likeness (QED) is 0.0214. The molecule has 1 aromatic heterocycles. The van der Waals surface area contributed by atoms with Crippen molar-refractivity contribution in [2.24, 2.45) is 16.2 Å². The molecule has 492 valence electrons. The Morgan fingerprint density at radius 2 is 1.25 bits per heavy atom. The number of aliphatic hydroxyl groups excluding tert-OH is 7. The monoisotopic (exact) mass is 1240 g/mol. The van der Waals surface area contributed by atoms with Crippen molar-refractivity contribution in [3.05, 3.63) is 101 Å². The number of ketones is 3. The zero-order valence-corrected chi connectivity index (χ0v) is 51.7. The van der Waals surface area contributed by atoms with Crippen LogP contribution < -0.4 is 5.32 Å². The van der Waals surface area contributed by atoms with Gasteiger partial charge in [-0.1, -0.05) is 88.8 Å². The van der Waals surface area contributed by atoms with Gasteiger partial charge in [0.25, 0.3) is 11.4 Å². The molecule has 2 aliphatic rings. The van der Waals surface area contributed by atoms with E-state index in [1.807, 2.05) is 81.4 Å². The first-order valence-corrected chi connectivity index (χ1v) is 28.7. The number of non-ortho nitro benzene ring substituents is 2. The minimum Gasteiger partial charge on any atom is -0.394 e. The fourth-order valence-electron chi connectivity index (χ4n) is 9.37. The minimum absolute atomic E-state index is 0. The number of benzene rings is 3. The number of carbonyl (C=O) groups is 4. The highest BCUT2D eigenvalue weighted by Gasteiger charge is 2.50. The van der Waals surface area contributed by atoms with Crippen molar-refractivity contribution in [1.29, 1.82) is 0 Å². The van der Waals surface area contributed by atoms with Gasteiger partial charge < -0.3 is 55.3 Å². The van der Waals surface area contributed by atoms with Gasteiger partial charge in [-0.05, 0) is 114 Å². The molecule has 4 unspecified atom stereocenters. The normalized spacial score (nSPS) is 21.8. The number of nitro benzene ring substituents is 3. The van der Waals surface area contributed by atoms with Crippen LogP contribution in [0.2, 0.25) is 0 Å². The molecule has 0 spiro atoms. The number of ether oxygens (including phenoxy) is 3. The van der Waals surface area contributed by atoms with E-state index in [1.165, 1.54) is 19.1 Å². The average Bonchev–Trinajstić information content (AvgIpc) is 3.50. The first kappa shape index (κ1) is 77.4. The summed E-state index contributed by atoms with van der Waals surface area (Å²) in [5, 5.41) is 112. The van der Waals surface area contributed by atoms with E-state index in [-0.39, 0.29) is 75.9 Å². The number of Topliss-reactive ketones (excluding diaryl/α,β-unsaturated/α-hetero) is 3. The van der Waals surface area contributed by atoms with Crippen LogP contribution in [0.15, 0.2) is 53.2 Å². The molecule has 4 aromatic rings. The van der Waals surface area contributed by atoms with Crippen LogP contribution in [0.4, 0.5) is 22.7 Å². The molecule has 3 heterocycles. The maximum Gasteiger partial charge on any atom is 0.300 e. The van der Waals surface area contributed by atoms with Gasteiger partial charge in [-0.3, -0.25) is 49.5 Å². The number of carbonyl (C=O) groups excluding carboxylic acids is 4. The fraction of sp³-hybridized carbons (Fsp3) is 0.639. The van der Waals surface area contributed by atoms with Gasteiger partial charge in [0.2, 0.25) is 11.4 Å². The van der Waals surface area contributed by atoms with E-state index in [4.69, 9.17) is 14.2 Å². The highest BCUT2D eigenvalue weighted by molar-refractivity contribution is 5.98. The lowest BCUT2D eigenvalue weighted by Gasteiger charge is -2.46. The topological polar surface area (TPSA) is 418 Å². The second-order valence-corrected chi connectivity index (χ2v) is 25.4. The summed E-state index contributed by atoms with van der Waals surface area (Å²) < 4.78 is 21.0. The van der Waals surface area contributed by atoms with E-state index in [2.05, 4.69) is 20.3 Å². The molecular weight excluding hydrogens is 1150 g/mol. The van der Waals surface area contributed by atoms with E-state index >= 15 is 0 Å². The lowest BCUT2D eigenvalue weighted by atomic mass is 9.85. The van der Waals surface area contributed by atoms with Crippen LogP contribution >= 0.6 is 0 Å². The highest BCUT2D eigenvalue weighted by Crippen LogP contribution is 2.35. The molecule has 0 radical (unpaired) electrons. The fourth-order valence-corrected chi connectivity index (χ4v) is 9.37. The second-order valence-electron chi connectivity index (χ2n) is 25.4. The number of anilines is 1. The lowest BCUT2D eigenvalue weighted by Crippen LogP contribution is -2.64. The Morgan fingerprint density at radius 1 is 0.670 bits per heavy atom. The Labute approximate surface area is 512 Å². The van der Waals surface area contributed by atoms with Crippen LogP contribution in [0, 0.1) is 53.5 Å². The predicted octanol–water partition coefficient (Wildman–Crippen LogP) is 7.49. The first-order chi connectivity index (χ1) is 40.4. The van der Waals surface area contributed by atoms with Gasteiger partial charge in [-0.2, -0.15) is 0 Å². The Balaban J connectivity index is 0.000000411. The minimum atomic E-state index is -1.67. The van der Waals surface area contributed by atoms with Crippen LogP contribution in [0.25, 0.3) is 11.0 Å². The number of rotatable bonds is 22. The van der Waals surface area contributed by atoms with Crippen LogP contribution in [-0.4, -0.2) is 159 Å². The van der Waals surface area contributed by atoms with E-state index in [0.717, 1.165) is 23.6 Å². The molecular formula is C61H92N6O21. The van der Waals surface area contributed by atoms with Gasteiger partial charge in [0, 0.05) is 49.1 Å². The number of fused-ring (bicyclic) bond motifs is 1. The standard InChI is InChI=1S/C22H31NO4.C18H34O10.C12H16N2O4.C8H7N3O3.CH4/c1-16(24)14-19(25)13-10-17-8-11-18(12-9-17)23-21(27)7-5-6-20(26)15-22(2,3)4;1-18(2,3)5-4-8-12(22)16(13(23)10(7-20)26-8)28-17-15(25)14(24)11(21)9(6-19)27-17;1-8-5-9(13(15)16)6-11(14(17)18)10(8)7-12(2,3)4;1-2-5-3-4-6(11(12)13)8-7(5)9-14-10-8;/h8-9,11-12H,5-7,10,13-15H2,1-4H3,(H,23,27);8-17,19-25H,4-7H2,1-3H3;5-6H,7H2,1-4H3;3-4H,2H2,1H3;1H4/t;8-,9?,10?,11-,12?,13-,14-,15?,16+,17-;;;/m.0.../s1. The van der Waals surface area contributed by atoms with Gasteiger partial charge in [0.1, 0.15) is 71.7 Å². The summed E-state index contributed by atoms with van der Waals surface area (Å²) in [5.41, 5.74) is 3.78. The Morgan fingerprint density at radius 3 is 1.77 bits per heavy atom. The number of aliphatic hydroxyl groups is 7. The van der Waals surface area contributed by atoms with Crippen molar-refractivity contribution in [2.75, 3.05) is 18.5 Å². The smallest absolute Gasteiger partial charge is 0.300 e. The van der Waals surface area contributed by atoms with Crippen LogP contribution in [0.1, 0.15) is 157 Å². The number of hydrogen-bond acceptors (Lipinski definition) is 23. The molecule has 1 amide bonds. The van der Waals surface area contributed by atoms with Gasteiger partial charge >= 0.3 is 5.69 Å². The predicted molar refractivity (Wildman–Crippen MR) is 324 cm³/mol. The Kier molecular flexibility index (Phi) is 30.7. The third kappa shape index (κ3) is 25.1. The van der Waals surface area contributed by atoms with Crippen LogP contribution in [0.5, 0.6) is 0 Å². The molecule has 2 aliphatic heterocycles. The molecule has 2 saturated heterocycles. The van der Waals surface area contributed by atoms with Crippen molar-refractivity contribution in [3.8, 4) is 0 Å². The maximum atomic E-state index is 12.0. The van der Waals surface area contributed by atoms with E-state index in [9.17, 15) is 85.3 Å². The molecule has 8 N–H and O–H groups in total. The third-order valence-corrected chi connectivity index (χ3v) is 13.9. The molecule has 10 atom stereocenters. The molecule has 27 heteroatoms. The molecule has 0 bridgehead atoms. The number of amides is 1. The summed E-state index contributed by atoms with van der Waals surface area (Å²) in [5.74, 6) is -0.0824. The average molecular weight is 1250 g/mol. The van der Waals surface area contributed by atoms with E-state index in [0.29, 0.717) is 80.1 Å². The molecule has 0 saturated carbocycles. The van der Waals surface area contributed by atoms with E-state index in [1.54, 1.807) is 25.1 Å². The molecule has 6 rings (SSSR count). The second kappa shape index (κ2) is 34.9. The lowest BCUT2D eigenvalue weighted by molar-refractivity contribution is -0.394. The van der Waals surface area contributed by atoms with Gasteiger partial charge in [0.05, 0.1) is 46.6 Å². The highest BCUT2D eigenvalue weighted by atomic mass is 16.7. The zero-order chi connectivity index (χ0) is 65.9. The Bertz CT molecular complexity index is 2930. The molecule has 2 fully saturated rings. The summed E-state index contributed by atoms with van der Waals surface area (Å²) in [7, 11) is 0. The summed E-state index contributed by atoms with van der Waals surface area (Å²) in [4.78, 5) is 77.0. The van der Waals surface area contributed by atoms with Gasteiger partial charge in [0.15, 0.2) is 6.29 Å². The van der Waals surface area contributed by atoms with Crippen LogP contribution in [-0.2, 0) is 52.7 Å². The van der Waals surface area contributed by atoms with Crippen molar-refractivity contribution >= 4 is 57.0 Å².